The van der Waals surface area contributed by atoms with Crippen LogP contribution in [0.2, 0.25) is 0 Å². The third kappa shape index (κ3) is 2.77. The molecule has 0 fully saturated rings. The zero-order valence-electron chi connectivity index (χ0n) is 14.5. The molecule has 0 spiro atoms. The molecule has 0 saturated carbocycles. The molecule has 2 aromatic rings. The van der Waals surface area contributed by atoms with Crippen LogP contribution < -0.4 is 10.1 Å². The summed E-state index contributed by atoms with van der Waals surface area (Å²) in [6, 6.07) is 3.98. The van der Waals surface area contributed by atoms with Gasteiger partial charge in [-0.1, -0.05) is 6.07 Å². The average molecular weight is 345 g/mol. The van der Waals surface area contributed by atoms with Gasteiger partial charge < -0.3 is 15.2 Å². The van der Waals surface area contributed by atoms with Crippen molar-refractivity contribution < 1.29 is 14.6 Å². The molecule has 128 valence electrons. The minimum Gasteiger partial charge on any atom is -0.507 e. The van der Waals surface area contributed by atoms with Crippen LogP contribution in [0.15, 0.2) is 17.5 Å². The van der Waals surface area contributed by atoms with Gasteiger partial charge >= 0.3 is 0 Å². The van der Waals surface area contributed by atoms with E-state index in [1.807, 2.05) is 45.2 Å². The number of benzene rings is 1. The summed E-state index contributed by atoms with van der Waals surface area (Å²) >= 11 is 1.62. The Bertz CT molecular complexity index is 783. The smallest absolute Gasteiger partial charge is 0.264 e. The Morgan fingerprint density at radius 3 is 2.75 bits per heavy atom. The van der Waals surface area contributed by atoms with Gasteiger partial charge in [0.2, 0.25) is 0 Å². The Balaban J connectivity index is 1.84. The number of aromatic hydroxyl groups is 1. The first kappa shape index (κ1) is 16.8. The lowest BCUT2D eigenvalue weighted by Gasteiger charge is -2.36. The number of rotatable bonds is 3. The molecule has 3 rings (SSSR count). The van der Waals surface area contributed by atoms with E-state index in [0.717, 1.165) is 39.3 Å². The van der Waals surface area contributed by atoms with E-state index in [9.17, 15) is 9.90 Å². The first-order valence-corrected chi connectivity index (χ1v) is 9.03. The summed E-state index contributed by atoms with van der Waals surface area (Å²) < 4.78 is 6.18. The molecular formula is C19H23NO3S. The van der Waals surface area contributed by atoms with E-state index in [1.165, 1.54) is 0 Å². The Kier molecular flexibility index (Phi) is 4.30. The number of amides is 1. The van der Waals surface area contributed by atoms with Crippen LogP contribution in [0.4, 0.5) is 0 Å². The largest absolute Gasteiger partial charge is 0.507 e. The molecule has 1 amide bonds. The molecule has 5 heteroatoms. The molecule has 24 heavy (non-hydrogen) atoms. The van der Waals surface area contributed by atoms with Crippen molar-refractivity contribution in [1.29, 1.82) is 0 Å². The molecule has 0 saturated heterocycles. The predicted molar refractivity (Wildman–Crippen MR) is 95.8 cm³/mol. The number of carbonyl (C=O) groups is 1. The van der Waals surface area contributed by atoms with Crippen molar-refractivity contribution in [3.63, 3.8) is 0 Å². The van der Waals surface area contributed by atoms with Gasteiger partial charge in [0.25, 0.3) is 5.91 Å². The van der Waals surface area contributed by atoms with E-state index in [1.54, 1.807) is 11.3 Å². The molecule has 2 N–H and O–H groups in total. The highest BCUT2D eigenvalue weighted by atomic mass is 32.1. The molecular weight excluding hydrogens is 322 g/mol. The fourth-order valence-corrected chi connectivity index (χ4v) is 3.82. The lowest BCUT2D eigenvalue weighted by molar-refractivity contribution is -0.137. The van der Waals surface area contributed by atoms with Gasteiger partial charge in [-0.3, -0.25) is 4.79 Å². The van der Waals surface area contributed by atoms with Crippen LogP contribution in [0.5, 0.6) is 11.5 Å². The van der Waals surface area contributed by atoms with Gasteiger partial charge in [0.15, 0.2) is 5.60 Å². The minimum atomic E-state index is -0.884. The van der Waals surface area contributed by atoms with Gasteiger partial charge in [-0.2, -0.15) is 0 Å². The van der Waals surface area contributed by atoms with Crippen LogP contribution in [0.1, 0.15) is 40.5 Å². The maximum absolute atomic E-state index is 12.7. The van der Waals surface area contributed by atoms with Crippen LogP contribution in [-0.2, 0) is 17.8 Å². The van der Waals surface area contributed by atoms with Crippen LogP contribution in [0, 0.1) is 20.8 Å². The second kappa shape index (κ2) is 6.13. The number of fused-ring (bicyclic) bond motifs is 1. The maximum atomic E-state index is 12.7. The van der Waals surface area contributed by atoms with Crippen LogP contribution >= 0.6 is 11.3 Å². The molecule has 0 bridgehead atoms. The molecule has 1 aromatic carbocycles. The second-order valence-corrected chi connectivity index (χ2v) is 7.66. The zero-order valence-corrected chi connectivity index (χ0v) is 15.3. The number of phenolic OH excluding ortho intramolecular Hbond substituents is 1. The van der Waals surface area contributed by atoms with Crippen molar-refractivity contribution in [3.05, 3.63) is 44.6 Å². The number of nitrogens with one attached hydrogen (secondary N) is 1. The lowest BCUT2D eigenvalue weighted by Crippen LogP contribution is -2.50. The van der Waals surface area contributed by atoms with E-state index >= 15 is 0 Å². The SMILES string of the molecule is Cc1c(C)c2c(c(C)c1O)CCC(C)(C(=O)NCc1cccs1)O2. The second-order valence-electron chi connectivity index (χ2n) is 6.63. The fourth-order valence-electron chi connectivity index (χ4n) is 3.18. The molecule has 1 unspecified atom stereocenters. The maximum Gasteiger partial charge on any atom is 0.264 e. The summed E-state index contributed by atoms with van der Waals surface area (Å²) in [5.74, 6) is 0.993. The number of thiophene rings is 1. The van der Waals surface area contributed by atoms with E-state index in [0.29, 0.717) is 18.7 Å². The normalized spacial score (nSPS) is 19.5. The van der Waals surface area contributed by atoms with Gasteiger partial charge in [0.05, 0.1) is 6.54 Å². The Morgan fingerprint density at radius 1 is 1.33 bits per heavy atom. The van der Waals surface area contributed by atoms with Crippen LogP contribution in [0.25, 0.3) is 0 Å². The molecule has 1 atom stereocenters. The van der Waals surface area contributed by atoms with Gasteiger partial charge in [-0.25, -0.2) is 0 Å². The number of ether oxygens (including phenoxy) is 1. The predicted octanol–water partition coefficient (Wildman–Crippen LogP) is 3.78. The molecule has 0 aliphatic carbocycles. The van der Waals surface area contributed by atoms with Gasteiger partial charge in [-0.15, -0.1) is 11.3 Å². The van der Waals surface area contributed by atoms with Crippen LogP contribution in [-0.4, -0.2) is 16.6 Å². The van der Waals surface area contributed by atoms with Crippen molar-refractivity contribution in [2.45, 2.75) is 52.7 Å². The quantitative estimate of drug-likeness (QED) is 0.890. The summed E-state index contributed by atoms with van der Waals surface area (Å²) in [6.45, 7) is 8.09. The Morgan fingerprint density at radius 2 is 2.08 bits per heavy atom. The fraction of sp³-hybridized carbons (Fsp3) is 0.421. The highest BCUT2D eigenvalue weighted by Gasteiger charge is 2.40. The van der Waals surface area contributed by atoms with E-state index in [-0.39, 0.29) is 5.91 Å². The summed E-state index contributed by atoms with van der Waals surface area (Å²) in [7, 11) is 0. The monoisotopic (exact) mass is 345 g/mol. The number of phenols is 1. The lowest BCUT2D eigenvalue weighted by atomic mass is 9.86. The summed E-state index contributed by atoms with van der Waals surface area (Å²) in [5, 5.41) is 15.2. The highest BCUT2D eigenvalue weighted by molar-refractivity contribution is 7.09. The third-order valence-electron chi connectivity index (χ3n) is 5.00. The number of carbonyl (C=O) groups excluding carboxylic acids is 1. The zero-order chi connectivity index (χ0) is 17.5. The van der Waals surface area contributed by atoms with Crippen LogP contribution in [0.3, 0.4) is 0 Å². The van der Waals surface area contributed by atoms with E-state index < -0.39 is 5.60 Å². The minimum absolute atomic E-state index is 0.0932. The average Bonchev–Trinajstić information content (AvgIpc) is 3.09. The first-order chi connectivity index (χ1) is 11.3. The Labute approximate surface area is 146 Å². The molecule has 1 aliphatic heterocycles. The van der Waals surface area contributed by atoms with Crippen molar-refractivity contribution in [3.8, 4) is 11.5 Å². The summed E-state index contributed by atoms with van der Waals surface area (Å²) in [5.41, 5.74) is 2.71. The third-order valence-corrected chi connectivity index (χ3v) is 5.88. The molecule has 1 aromatic heterocycles. The summed E-state index contributed by atoms with van der Waals surface area (Å²) in [6.07, 6.45) is 1.32. The van der Waals surface area contributed by atoms with E-state index in [2.05, 4.69) is 5.32 Å². The number of hydrogen-bond donors (Lipinski definition) is 2. The van der Waals surface area contributed by atoms with Crippen molar-refractivity contribution in [1.82, 2.24) is 5.32 Å². The topological polar surface area (TPSA) is 58.6 Å². The summed E-state index contributed by atoms with van der Waals surface area (Å²) in [4.78, 5) is 13.8. The van der Waals surface area contributed by atoms with Gasteiger partial charge in [0, 0.05) is 16.9 Å². The number of hydrogen-bond acceptors (Lipinski definition) is 4. The van der Waals surface area contributed by atoms with Gasteiger partial charge in [-0.05, 0) is 62.3 Å². The first-order valence-electron chi connectivity index (χ1n) is 8.15. The highest BCUT2D eigenvalue weighted by Crippen LogP contribution is 2.43. The Hall–Kier alpha value is -2.01. The molecule has 1 aliphatic rings. The van der Waals surface area contributed by atoms with Crippen molar-refractivity contribution in [2.24, 2.45) is 0 Å². The molecule has 4 nitrogen and oxygen atoms in total. The van der Waals surface area contributed by atoms with Crippen molar-refractivity contribution in [2.75, 3.05) is 0 Å². The van der Waals surface area contributed by atoms with Crippen molar-refractivity contribution >= 4 is 17.2 Å². The van der Waals surface area contributed by atoms with E-state index in [4.69, 9.17) is 4.74 Å². The molecule has 0 radical (unpaired) electrons. The molecule has 2 heterocycles. The van der Waals surface area contributed by atoms with Gasteiger partial charge in [0.1, 0.15) is 11.5 Å². The standard InChI is InChI=1S/C19H23NO3S/c1-11-12(2)17-15(13(3)16(11)21)7-8-19(4,23-17)18(22)20-10-14-6-5-9-24-14/h5-6,9,21H,7-8,10H2,1-4H3,(H,20,22).